The number of benzene rings is 4. The van der Waals surface area contributed by atoms with E-state index in [4.69, 9.17) is 0 Å². The zero-order chi connectivity index (χ0) is 36.2. The molecule has 260 valence electrons. The molecule has 0 aliphatic rings. The maximum Gasteiger partial charge on any atom is 0.141 e. The number of thiol groups is 1. The first-order valence-corrected chi connectivity index (χ1v) is 20.1. The fraction of sp³-hybridized carbons (Fsp3) is 0.211. The van der Waals surface area contributed by atoms with E-state index in [9.17, 15) is 0 Å². The highest BCUT2D eigenvalue weighted by Gasteiger charge is 2.14. The van der Waals surface area contributed by atoms with Gasteiger partial charge in [0.2, 0.25) is 0 Å². The molecule has 4 heterocycles. The highest BCUT2D eigenvalue weighted by molar-refractivity contribution is 14.1. The smallest absolute Gasteiger partial charge is 0.141 e. The molecule has 0 bridgehead atoms. The van der Waals surface area contributed by atoms with E-state index in [-0.39, 0.29) is 9.49 Å². The fourth-order valence-corrected chi connectivity index (χ4v) is 7.65. The van der Waals surface area contributed by atoms with Crippen molar-refractivity contribution in [1.82, 2.24) is 29.9 Å². The molecule has 8 aromatic rings. The second-order valence-corrected chi connectivity index (χ2v) is 19.8. The van der Waals surface area contributed by atoms with Crippen LogP contribution >= 0.6 is 69.7 Å². The highest BCUT2D eigenvalue weighted by Crippen LogP contribution is 2.35. The molecule has 4 aromatic heterocycles. The topological polar surface area (TPSA) is 101 Å². The van der Waals surface area contributed by atoms with Gasteiger partial charge in [-0.2, -0.15) is 12.6 Å². The average molecular weight is 861 g/mol. The molecule has 4 aromatic carbocycles. The van der Waals surface area contributed by atoms with Crippen LogP contribution in [0.2, 0.25) is 0 Å². The van der Waals surface area contributed by atoms with Crippen LogP contribution in [0, 0.1) is 3.57 Å². The Labute approximate surface area is 328 Å². The van der Waals surface area contributed by atoms with Gasteiger partial charge in [-0.25, -0.2) is 29.9 Å². The summed E-state index contributed by atoms with van der Waals surface area (Å²) in [7, 11) is 0. The SMILES string of the molecule is CC(C)(C)S.CC(C)(C)Sc1ccc2ncnc(Nc3ccc4scnc4c3)c2c1.Ic1ccc2ncnc(Nc3ccc4scnc4c3)c2c1. The Kier molecular flexibility index (Phi) is 11.6. The van der Waals surface area contributed by atoms with Crippen molar-refractivity contribution in [1.29, 1.82) is 0 Å². The van der Waals surface area contributed by atoms with E-state index in [0.29, 0.717) is 0 Å². The first-order chi connectivity index (χ1) is 24.3. The normalized spacial score (nSPS) is 11.6. The molecular weight excluding hydrogens is 824 g/mol. The van der Waals surface area contributed by atoms with Crippen LogP contribution in [-0.4, -0.2) is 39.4 Å². The van der Waals surface area contributed by atoms with Gasteiger partial charge in [0, 0.05) is 40.1 Å². The van der Waals surface area contributed by atoms with Gasteiger partial charge in [0.1, 0.15) is 24.3 Å². The van der Waals surface area contributed by atoms with Gasteiger partial charge < -0.3 is 10.6 Å². The zero-order valence-corrected chi connectivity index (χ0v) is 34.5. The lowest BCUT2D eigenvalue weighted by molar-refractivity contribution is 0.803. The Hall–Kier alpha value is -3.63. The number of nitrogens with zero attached hydrogens (tertiary/aromatic N) is 6. The van der Waals surface area contributed by atoms with Gasteiger partial charge in [0.25, 0.3) is 0 Å². The van der Waals surface area contributed by atoms with E-state index in [1.54, 1.807) is 35.3 Å². The Morgan fingerprint density at radius 2 is 1.08 bits per heavy atom. The van der Waals surface area contributed by atoms with Crippen LogP contribution in [0.4, 0.5) is 23.0 Å². The number of hydrogen-bond acceptors (Lipinski definition) is 12. The third-order valence-electron chi connectivity index (χ3n) is 6.81. The van der Waals surface area contributed by atoms with Crippen LogP contribution in [0.25, 0.3) is 42.2 Å². The third-order valence-corrected chi connectivity index (χ3v) is 10.2. The predicted octanol–water partition coefficient (Wildman–Crippen LogP) is 12.2. The van der Waals surface area contributed by atoms with Gasteiger partial charge in [-0.3, -0.25) is 0 Å². The minimum absolute atomic E-state index is 0.159. The second kappa shape index (κ2) is 15.9. The average Bonchev–Trinajstić information content (AvgIpc) is 3.73. The van der Waals surface area contributed by atoms with Gasteiger partial charge in [-0.1, -0.05) is 41.5 Å². The molecule has 0 unspecified atom stereocenters. The number of thiazole rings is 2. The van der Waals surface area contributed by atoms with Crippen LogP contribution in [-0.2, 0) is 0 Å². The molecule has 0 atom stereocenters. The second-order valence-electron chi connectivity index (χ2n) is 13.5. The number of anilines is 4. The Morgan fingerprint density at radius 3 is 1.59 bits per heavy atom. The number of thioether (sulfide) groups is 1. The minimum Gasteiger partial charge on any atom is -0.340 e. The van der Waals surface area contributed by atoms with Crippen molar-refractivity contribution in [3.8, 4) is 0 Å². The molecule has 0 saturated carbocycles. The van der Waals surface area contributed by atoms with Crippen LogP contribution in [0.15, 0.2) is 101 Å². The summed E-state index contributed by atoms with van der Waals surface area (Å²) in [4.78, 5) is 27.5. The lowest BCUT2D eigenvalue weighted by Gasteiger charge is -2.18. The number of fused-ring (bicyclic) bond motifs is 4. The Balaban J connectivity index is 0.000000157. The summed E-state index contributed by atoms with van der Waals surface area (Å²) >= 11 is 11.5. The van der Waals surface area contributed by atoms with E-state index in [1.807, 2.05) is 53.1 Å². The summed E-state index contributed by atoms with van der Waals surface area (Å²) in [6, 6.07) is 24.8. The highest BCUT2D eigenvalue weighted by atomic mass is 127. The van der Waals surface area contributed by atoms with Crippen LogP contribution in [0.5, 0.6) is 0 Å². The maximum absolute atomic E-state index is 4.46. The molecular formula is C38H37IN8S4. The van der Waals surface area contributed by atoms with E-state index >= 15 is 0 Å². The molecule has 0 aliphatic heterocycles. The molecule has 13 heteroatoms. The Bertz CT molecular complexity index is 2430. The van der Waals surface area contributed by atoms with Gasteiger partial charge in [-0.15, -0.1) is 34.4 Å². The minimum atomic E-state index is 0.159. The molecule has 51 heavy (non-hydrogen) atoms. The van der Waals surface area contributed by atoms with Crippen LogP contribution < -0.4 is 10.6 Å². The number of rotatable bonds is 5. The summed E-state index contributed by atoms with van der Waals surface area (Å²) < 4.78 is 3.88. The molecule has 0 radical (unpaired) electrons. The molecule has 0 amide bonds. The third kappa shape index (κ3) is 10.5. The van der Waals surface area contributed by atoms with Crippen molar-refractivity contribution in [3.05, 3.63) is 100 Å². The molecule has 0 spiro atoms. The van der Waals surface area contributed by atoms with Crippen molar-refractivity contribution in [2.75, 3.05) is 10.6 Å². The van der Waals surface area contributed by atoms with Gasteiger partial charge in [0.15, 0.2) is 0 Å². The van der Waals surface area contributed by atoms with Crippen molar-refractivity contribution in [3.63, 3.8) is 0 Å². The van der Waals surface area contributed by atoms with E-state index in [2.05, 4.69) is 160 Å². The van der Waals surface area contributed by atoms with Crippen LogP contribution in [0.3, 0.4) is 0 Å². The Morgan fingerprint density at radius 1 is 0.588 bits per heavy atom. The summed E-state index contributed by atoms with van der Waals surface area (Å²) in [5.74, 6) is 1.63. The number of hydrogen-bond donors (Lipinski definition) is 3. The quantitative estimate of drug-likeness (QED) is 0.0887. The number of nitrogens with one attached hydrogen (secondary N) is 2. The van der Waals surface area contributed by atoms with Crippen molar-refractivity contribution < 1.29 is 0 Å². The van der Waals surface area contributed by atoms with Crippen molar-refractivity contribution in [2.45, 2.75) is 55.9 Å². The fourth-order valence-electron chi connectivity index (χ4n) is 4.83. The summed E-state index contributed by atoms with van der Waals surface area (Å²) in [5, 5.41) is 8.83. The first kappa shape index (κ1) is 37.1. The lowest BCUT2D eigenvalue weighted by Crippen LogP contribution is -2.06. The lowest BCUT2D eigenvalue weighted by atomic mass is 10.2. The molecule has 2 N–H and O–H groups in total. The number of aromatic nitrogens is 6. The summed E-state index contributed by atoms with van der Waals surface area (Å²) in [5.41, 5.74) is 9.55. The monoisotopic (exact) mass is 860 g/mol. The zero-order valence-electron chi connectivity index (χ0n) is 29.0. The number of halogens is 1. The summed E-state index contributed by atoms with van der Waals surface area (Å²) in [6.07, 6.45) is 3.18. The van der Waals surface area contributed by atoms with E-state index in [1.165, 1.54) is 14.3 Å². The molecule has 8 rings (SSSR count). The van der Waals surface area contributed by atoms with Crippen molar-refractivity contribution >= 4 is 135 Å². The van der Waals surface area contributed by atoms with E-state index < -0.39 is 0 Å². The first-order valence-electron chi connectivity index (χ1n) is 16.0. The molecule has 0 aliphatic carbocycles. The maximum atomic E-state index is 4.46. The van der Waals surface area contributed by atoms with Crippen LogP contribution in [0.1, 0.15) is 41.5 Å². The van der Waals surface area contributed by atoms with Gasteiger partial charge in [0.05, 0.1) is 42.5 Å². The molecule has 0 saturated heterocycles. The van der Waals surface area contributed by atoms with E-state index in [0.717, 1.165) is 59.4 Å². The largest absolute Gasteiger partial charge is 0.340 e. The molecule has 8 nitrogen and oxygen atoms in total. The van der Waals surface area contributed by atoms with Gasteiger partial charge >= 0.3 is 0 Å². The standard InChI is InChI=1S/C19H18N4S2.C15H9IN4S.C4H10S/c1-19(2,3)25-13-5-6-15-14(9-13)18(21-10-20-15)23-12-4-7-17-16(8-12)22-11-24-17;16-9-1-3-12-11(5-9)15(18-7-17-12)20-10-2-4-14-13(6-10)19-8-21-14;1-4(2,3)5/h4-11H,1-3H3,(H,20,21,23);1-8H,(H,17,18,20);5H,1-3H3. The summed E-state index contributed by atoms with van der Waals surface area (Å²) in [6.45, 7) is 12.8. The molecule has 0 fully saturated rings. The predicted molar refractivity (Wildman–Crippen MR) is 232 cm³/mol. The van der Waals surface area contributed by atoms with Gasteiger partial charge in [-0.05, 0) is 95.4 Å². The van der Waals surface area contributed by atoms with Crippen molar-refractivity contribution in [2.24, 2.45) is 0 Å².